The van der Waals surface area contributed by atoms with Crippen molar-refractivity contribution in [3.05, 3.63) is 40.9 Å². The van der Waals surface area contributed by atoms with E-state index in [0.29, 0.717) is 40.1 Å². The maximum Gasteiger partial charge on any atom is 0.200 e. The van der Waals surface area contributed by atoms with Crippen LogP contribution in [-0.2, 0) is 6.54 Å². The SMILES string of the molecule is CCn1c(SCC(=O)c2[nH]c(C)c(C(C)=O)c2C)nnc1-c1ccco1. The number of nitrogens with zero attached hydrogens (tertiary/aromatic N) is 3. The van der Waals surface area contributed by atoms with Crippen LogP contribution < -0.4 is 0 Å². The summed E-state index contributed by atoms with van der Waals surface area (Å²) in [5.74, 6) is 1.36. The molecule has 0 fully saturated rings. The number of hydrogen-bond acceptors (Lipinski definition) is 6. The Balaban J connectivity index is 1.79. The molecule has 0 radical (unpaired) electrons. The van der Waals surface area contributed by atoms with Crippen molar-refractivity contribution in [2.24, 2.45) is 0 Å². The molecule has 0 amide bonds. The molecule has 136 valence electrons. The fourth-order valence-electron chi connectivity index (χ4n) is 3.03. The van der Waals surface area contributed by atoms with E-state index in [1.165, 1.54) is 18.7 Å². The van der Waals surface area contributed by atoms with Gasteiger partial charge in [-0.15, -0.1) is 10.2 Å². The summed E-state index contributed by atoms with van der Waals surface area (Å²) < 4.78 is 7.30. The molecule has 0 atom stereocenters. The zero-order valence-electron chi connectivity index (χ0n) is 15.1. The lowest BCUT2D eigenvalue weighted by atomic mass is 10.1. The zero-order chi connectivity index (χ0) is 18.8. The van der Waals surface area contributed by atoms with Gasteiger partial charge < -0.3 is 9.40 Å². The molecule has 0 unspecified atom stereocenters. The van der Waals surface area contributed by atoms with Gasteiger partial charge in [-0.1, -0.05) is 11.8 Å². The molecule has 3 aromatic rings. The van der Waals surface area contributed by atoms with Crippen molar-refractivity contribution >= 4 is 23.3 Å². The highest BCUT2D eigenvalue weighted by Crippen LogP contribution is 2.26. The van der Waals surface area contributed by atoms with E-state index in [9.17, 15) is 9.59 Å². The molecule has 0 saturated carbocycles. The molecular formula is C18H20N4O3S. The number of nitrogens with one attached hydrogen (secondary N) is 1. The molecule has 0 spiro atoms. The number of Topliss-reactive ketones (excluding diaryl/α,β-unsaturated/α-hetero) is 2. The van der Waals surface area contributed by atoms with Gasteiger partial charge in [0.25, 0.3) is 0 Å². The summed E-state index contributed by atoms with van der Waals surface area (Å²) in [7, 11) is 0. The van der Waals surface area contributed by atoms with Crippen LogP contribution in [0.4, 0.5) is 0 Å². The van der Waals surface area contributed by atoms with Crippen molar-refractivity contribution in [3.8, 4) is 11.6 Å². The molecule has 0 saturated heterocycles. The maximum absolute atomic E-state index is 12.6. The summed E-state index contributed by atoms with van der Waals surface area (Å²) in [5.41, 5.74) is 2.50. The van der Waals surface area contributed by atoms with Crippen LogP contribution in [0.25, 0.3) is 11.6 Å². The van der Waals surface area contributed by atoms with Crippen LogP contribution in [0.1, 0.15) is 46.0 Å². The monoisotopic (exact) mass is 372 g/mol. The van der Waals surface area contributed by atoms with Crippen molar-refractivity contribution < 1.29 is 14.0 Å². The number of H-pyrrole nitrogens is 1. The third kappa shape index (κ3) is 3.24. The molecule has 1 N–H and O–H groups in total. The predicted octanol–water partition coefficient (Wildman–Crippen LogP) is 3.68. The third-order valence-corrected chi connectivity index (χ3v) is 5.14. The molecule has 0 aliphatic heterocycles. The smallest absolute Gasteiger partial charge is 0.200 e. The van der Waals surface area contributed by atoms with E-state index in [1.807, 2.05) is 17.6 Å². The van der Waals surface area contributed by atoms with Crippen LogP contribution in [0.15, 0.2) is 28.0 Å². The van der Waals surface area contributed by atoms with Gasteiger partial charge in [-0.3, -0.25) is 14.2 Å². The standard InChI is InChI=1S/C18H20N4O3S/c1-5-22-17(14-7-6-8-25-14)20-21-18(22)26-9-13(24)16-10(2)15(12(4)23)11(3)19-16/h6-8,19H,5,9H2,1-4H3. The fourth-order valence-corrected chi connectivity index (χ4v) is 3.90. The predicted molar refractivity (Wildman–Crippen MR) is 98.7 cm³/mol. The number of thioether (sulfide) groups is 1. The van der Waals surface area contributed by atoms with E-state index in [-0.39, 0.29) is 17.3 Å². The molecule has 3 heterocycles. The molecule has 26 heavy (non-hydrogen) atoms. The highest BCUT2D eigenvalue weighted by atomic mass is 32.2. The lowest BCUT2D eigenvalue weighted by Crippen LogP contribution is -2.07. The molecular weight excluding hydrogens is 352 g/mol. The number of rotatable bonds is 7. The molecule has 8 heteroatoms. The minimum Gasteiger partial charge on any atom is -0.461 e. The van der Waals surface area contributed by atoms with Crippen molar-refractivity contribution in [2.45, 2.75) is 39.4 Å². The van der Waals surface area contributed by atoms with Crippen LogP contribution in [-0.4, -0.2) is 37.1 Å². The van der Waals surface area contributed by atoms with Crippen molar-refractivity contribution in [3.63, 3.8) is 0 Å². The summed E-state index contributed by atoms with van der Waals surface area (Å²) in [6, 6.07) is 3.62. The van der Waals surface area contributed by atoms with E-state index in [0.717, 1.165) is 5.69 Å². The Morgan fingerprint density at radius 3 is 2.65 bits per heavy atom. The Kier molecular flexibility index (Phi) is 5.13. The van der Waals surface area contributed by atoms with Gasteiger partial charge in [-0.2, -0.15) is 0 Å². The fraction of sp³-hybridized carbons (Fsp3) is 0.333. The van der Waals surface area contributed by atoms with E-state index in [2.05, 4.69) is 15.2 Å². The van der Waals surface area contributed by atoms with Crippen LogP contribution in [0.5, 0.6) is 0 Å². The lowest BCUT2D eigenvalue weighted by Gasteiger charge is -2.05. The zero-order valence-corrected chi connectivity index (χ0v) is 15.9. The largest absolute Gasteiger partial charge is 0.461 e. The Bertz CT molecular complexity index is 954. The number of aromatic amines is 1. The number of ketones is 2. The minimum absolute atomic E-state index is 0.0447. The maximum atomic E-state index is 12.6. The number of furan rings is 1. The molecule has 3 aromatic heterocycles. The Labute approximate surface area is 155 Å². The third-order valence-electron chi connectivity index (χ3n) is 4.18. The highest BCUT2D eigenvalue weighted by Gasteiger charge is 2.21. The van der Waals surface area contributed by atoms with Gasteiger partial charge in [-0.25, -0.2) is 0 Å². The van der Waals surface area contributed by atoms with Gasteiger partial charge in [0.15, 0.2) is 28.3 Å². The summed E-state index contributed by atoms with van der Waals surface area (Å²) >= 11 is 1.32. The first-order chi connectivity index (χ1) is 12.4. The summed E-state index contributed by atoms with van der Waals surface area (Å²) in [6.45, 7) is 7.75. The summed E-state index contributed by atoms with van der Waals surface area (Å²) in [5, 5.41) is 9.01. The Hall–Kier alpha value is -2.61. The number of aromatic nitrogens is 4. The van der Waals surface area contributed by atoms with E-state index >= 15 is 0 Å². The summed E-state index contributed by atoms with van der Waals surface area (Å²) in [6.07, 6.45) is 1.59. The van der Waals surface area contributed by atoms with E-state index in [4.69, 9.17) is 4.42 Å². The molecule has 0 aliphatic carbocycles. The van der Waals surface area contributed by atoms with Crippen LogP contribution >= 0.6 is 11.8 Å². The van der Waals surface area contributed by atoms with Gasteiger partial charge in [0, 0.05) is 17.8 Å². The average molecular weight is 372 g/mol. The molecule has 3 rings (SSSR count). The molecule has 0 aromatic carbocycles. The second-order valence-electron chi connectivity index (χ2n) is 5.92. The average Bonchev–Trinajstić information content (AvgIpc) is 3.30. The quantitative estimate of drug-likeness (QED) is 0.502. The topological polar surface area (TPSA) is 93.8 Å². The molecule has 7 nitrogen and oxygen atoms in total. The van der Waals surface area contributed by atoms with Gasteiger partial charge in [0.05, 0.1) is 17.7 Å². The minimum atomic E-state index is -0.0756. The number of aryl methyl sites for hydroxylation is 1. The van der Waals surface area contributed by atoms with Gasteiger partial charge >= 0.3 is 0 Å². The van der Waals surface area contributed by atoms with Gasteiger partial charge in [-0.05, 0) is 45.4 Å². The Morgan fingerprint density at radius 2 is 2.08 bits per heavy atom. The summed E-state index contributed by atoms with van der Waals surface area (Å²) in [4.78, 5) is 27.4. The first kappa shape index (κ1) is 18.2. The molecule has 0 aliphatic rings. The highest BCUT2D eigenvalue weighted by molar-refractivity contribution is 7.99. The van der Waals surface area contributed by atoms with Gasteiger partial charge in [0.2, 0.25) is 0 Å². The van der Waals surface area contributed by atoms with E-state index < -0.39 is 0 Å². The normalized spacial score (nSPS) is 11.1. The van der Waals surface area contributed by atoms with Gasteiger partial charge in [0.1, 0.15) is 0 Å². The van der Waals surface area contributed by atoms with Crippen molar-refractivity contribution in [2.75, 3.05) is 5.75 Å². The first-order valence-corrected chi connectivity index (χ1v) is 9.25. The van der Waals surface area contributed by atoms with Crippen LogP contribution in [0.3, 0.4) is 0 Å². The first-order valence-electron chi connectivity index (χ1n) is 8.27. The molecule has 0 bridgehead atoms. The number of carbonyl (C=O) groups is 2. The lowest BCUT2D eigenvalue weighted by molar-refractivity contribution is 0.101. The van der Waals surface area contributed by atoms with Crippen LogP contribution in [0.2, 0.25) is 0 Å². The number of carbonyl (C=O) groups excluding carboxylic acids is 2. The van der Waals surface area contributed by atoms with Crippen molar-refractivity contribution in [1.29, 1.82) is 0 Å². The van der Waals surface area contributed by atoms with Crippen molar-refractivity contribution in [1.82, 2.24) is 19.7 Å². The Morgan fingerprint density at radius 1 is 1.31 bits per heavy atom. The second kappa shape index (κ2) is 7.33. The second-order valence-corrected chi connectivity index (χ2v) is 6.86. The van der Waals surface area contributed by atoms with Crippen LogP contribution in [0, 0.1) is 13.8 Å². The van der Waals surface area contributed by atoms with E-state index in [1.54, 1.807) is 26.2 Å². The number of hydrogen-bond donors (Lipinski definition) is 1.